The van der Waals surface area contributed by atoms with Gasteiger partial charge in [0.2, 0.25) is 0 Å². The Morgan fingerprint density at radius 2 is 1.88 bits per heavy atom. The molecule has 0 spiro atoms. The summed E-state index contributed by atoms with van der Waals surface area (Å²) in [5.74, 6) is -0.908. The monoisotopic (exact) mass is 255 g/mol. The first-order valence-corrected chi connectivity index (χ1v) is 6.25. The average molecular weight is 256 g/mol. The van der Waals surface area contributed by atoms with Crippen LogP contribution in [0.5, 0.6) is 0 Å². The Kier molecular flexibility index (Phi) is 5.29. The molecule has 0 fully saturated rings. The van der Waals surface area contributed by atoms with E-state index in [-0.39, 0.29) is 0 Å². The topological polar surface area (TPSA) is 40.5 Å². The first-order valence-electron chi connectivity index (χ1n) is 5.88. The Morgan fingerprint density at radius 3 is 2.35 bits per heavy atom. The van der Waals surface area contributed by atoms with Gasteiger partial charge >= 0.3 is 5.97 Å². The number of nitrogens with zero attached hydrogens (tertiary/aromatic N) is 1. The number of carboxylic acids is 1. The third-order valence-corrected chi connectivity index (χ3v) is 2.75. The first kappa shape index (κ1) is 13.8. The molecule has 0 saturated heterocycles. The molecule has 1 rings (SSSR count). The van der Waals surface area contributed by atoms with Gasteiger partial charge in [-0.25, -0.2) is 4.79 Å². The van der Waals surface area contributed by atoms with Gasteiger partial charge in [0.1, 0.15) is 0 Å². The molecule has 0 saturated carbocycles. The van der Waals surface area contributed by atoms with Gasteiger partial charge in [0.15, 0.2) is 0 Å². The van der Waals surface area contributed by atoms with Crippen molar-refractivity contribution in [3.63, 3.8) is 0 Å². The van der Waals surface area contributed by atoms with E-state index in [4.69, 9.17) is 11.6 Å². The second kappa shape index (κ2) is 6.50. The van der Waals surface area contributed by atoms with Gasteiger partial charge in [-0.3, -0.25) is 0 Å². The SMILES string of the molecule is CCCN(CCC)c1cc(Cl)ccc1C(=O)O. The minimum atomic E-state index is -0.908. The van der Waals surface area contributed by atoms with E-state index in [1.807, 2.05) is 0 Å². The lowest BCUT2D eigenvalue weighted by molar-refractivity contribution is 0.0697. The highest BCUT2D eigenvalue weighted by atomic mass is 35.5. The molecular weight excluding hydrogens is 238 g/mol. The number of aromatic carboxylic acids is 1. The zero-order chi connectivity index (χ0) is 12.8. The fourth-order valence-electron chi connectivity index (χ4n) is 1.84. The van der Waals surface area contributed by atoms with Crippen molar-refractivity contribution >= 4 is 23.3 Å². The predicted octanol–water partition coefficient (Wildman–Crippen LogP) is 3.66. The second-order valence-electron chi connectivity index (χ2n) is 3.95. The van der Waals surface area contributed by atoms with Crippen LogP contribution < -0.4 is 4.90 Å². The zero-order valence-electron chi connectivity index (χ0n) is 10.2. The van der Waals surface area contributed by atoms with Crippen molar-refractivity contribution in [3.8, 4) is 0 Å². The van der Waals surface area contributed by atoms with Crippen LogP contribution >= 0.6 is 11.6 Å². The molecule has 0 heterocycles. The quantitative estimate of drug-likeness (QED) is 0.843. The highest BCUT2D eigenvalue weighted by Gasteiger charge is 2.15. The van der Waals surface area contributed by atoms with Crippen molar-refractivity contribution in [1.82, 2.24) is 0 Å². The molecule has 0 aromatic heterocycles. The minimum Gasteiger partial charge on any atom is -0.478 e. The van der Waals surface area contributed by atoms with Crippen molar-refractivity contribution in [3.05, 3.63) is 28.8 Å². The predicted molar refractivity (Wildman–Crippen MR) is 71.2 cm³/mol. The van der Waals surface area contributed by atoms with Crippen LogP contribution in [-0.2, 0) is 0 Å². The standard InChI is InChI=1S/C13H18ClNO2/c1-3-7-15(8-4-2)12-9-10(14)5-6-11(12)13(16)17/h5-6,9H,3-4,7-8H2,1-2H3,(H,16,17). The number of hydrogen-bond donors (Lipinski definition) is 1. The molecule has 0 aliphatic rings. The fraction of sp³-hybridized carbons (Fsp3) is 0.462. The Bertz CT molecular complexity index is 387. The van der Waals surface area contributed by atoms with Gasteiger partial charge in [0, 0.05) is 18.1 Å². The number of halogens is 1. The number of hydrogen-bond acceptors (Lipinski definition) is 2. The van der Waals surface area contributed by atoms with Crippen molar-refractivity contribution in [2.75, 3.05) is 18.0 Å². The summed E-state index contributed by atoms with van der Waals surface area (Å²) >= 11 is 5.95. The van der Waals surface area contributed by atoms with Crippen LogP contribution in [0.4, 0.5) is 5.69 Å². The molecule has 3 nitrogen and oxygen atoms in total. The van der Waals surface area contributed by atoms with Crippen molar-refractivity contribution in [2.24, 2.45) is 0 Å². The van der Waals surface area contributed by atoms with Gasteiger partial charge in [-0.1, -0.05) is 25.4 Å². The summed E-state index contributed by atoms with van der Waals surface area (Å²) < 4.78 is 0. The molecule has 0 aliphatic carbocycles. The van der Waals surface area contributed by atoms with Crippen LogP contribution in [0.15, 0.2) is 18.2 Å². The maximum Gasteiger partial charge on any atom is 0.337 e. The fourth-order valence-corrected chi connectivity index (χ4v) is 2.01. The molecule has 0 radical (unpaired) electrons. The first-order chi connectivity index (χ1) is 8.10. The van der Waals surface area contributed by atoms with Crippen LogP contribution in [0.3, 0.4) is 0 Å². The van der Waals surface area contributed by atoms with Gasteiger partial charge in [0.05, 0.1) is 11.3 Å². The van der Waals surface area contributed by atoms with Crippen molar-refractivity contribution < 1.29 is 9.90 Å². The molecule has 0 atom stereocenters. The molecule has 1 aromatic carbocycles. The summed E-state index contributed by atoms with van der Waals surface area (Å²) in [6, 6.07) is 4.92. The van der Waals surface area contributed by atoms with E-state index in [0.29, 0.717) is 16.3 Å². The van der Waals surface area contributed by atoms with Gasteiger partial charge in [-0.05, 0) is 31.0 Å². The van der Waals surface area contributed by atoms with E-state index in [0.717, 1.165) is 25.9 Å². The summed E-state index contributed by atoms with van der Waals surface area (Å²) in [5.41, 5.74) is 1.03. The summed E-state index contributed by atoms with van der Waals surface area (Å²) in [7, 11) is 0. The van der Waals surface area contributed by atoms with Crippen molar-refractivity contribution in [2.45, 2.75) is 26.7 Å². The van der Waals surface area contributed by atoms with Crippen LogP contribution in [0, 0.1) is 0 Å². The summed E-state index contributed by atoms with van der Waals surface area (Å²) in [6.07, 6.45) is 1.96. The maximum atomic E-state index is 11.2. The Labute approximate surface area is 107 Å². The van der Waals surface area contributed by atoms with E-state index in [1.54, 1.807) is 18.2 Å². The normalized spacial score (nSPS) is 10.3. The molecule has 1 N–H and O–H groups in total. The molecule has 0 amide bonds. The largest absolute Gasteiger partial charge is 0.478 e. The Morgan fingerprint density at radius 1 is 1.29 bits per heavy atom. The van der Waals surface area contributed by atoms with Crippen LogP contribution in [0.25, 0.3) is 0 Å². The third-order valence-electron chi connectivity index (χ3n) is 2.52. The summed E-state index contributed by atoms with van der Waals surface area (Å²) in [5, 5.41) is 9.74. The molecule has 0 unspecified atom stereocenters. The average Bonchev–Trinajstić information content (AvgIpc) is 2.28. The second-order valence-corrected chi connectivity index (χ2v) is 4.39. The van der Waals surface area contributed by atoms with Gasteiger partial charge in [0.25, 0.3) is 0 Å². The molecule has 0 aliphatic heterocycles. The molecule has 94 valence electrons. The molecular formula is C13H18ClNO2. The van der Waals surface area contributed by atoms with Gasteiger partial charge in [-0.2, -0.15) is 0 Å². The van der Waals surface area contributed by atoms with E-state index < -0.39 is 5.97 Å². The highest BCUT2D eigenvalue weighted by molar-refractivity contribution is 6.31. The lowest BCUT2D eigenvalue weighted by Gasteiger charge is -2.25. The van der Waals surface area contributed by atoms with Gasteiger partial charge < -0.3 is 10.0 Å². The molecule has 1 aromatic rings. The minimum absolute atomic E-state index is 0.316. The van der Waals surface area contributed by atoms with Crippen LogP contribution in [0.1, 0.15) is 37.0 Å². The number of carbonyl (C=O) groups is 1. The number of carboxylic acid groups (broad SMARTS) is 1. The molecule has 0 bridgehead atoms. The van der Waals surface area contributed by atoms with E-state index in [2.05, 4.69) is 18.7 Å². The highest BCUT2D eigenvalue weighted by Crippen LogP contribution is 2.25. The zero-order valence-corrected chi connectivity index (χ0v) is 11.0. The van der Waals surface area contributed by atoms with Gasteiger partial charge in [-0.15, -0.1) is 0 Å². The smallest absolute Gasteiger partial charge is 0.337 e. The van der Waals surface area contributed by atoms with Crippen LogP contribution in [-0.4, -0.2) is 24.2 Å². The van der Waals surface area contributed by atoms with E-state index in [1.165, 1.54) is 0 Å². The Hall–Kier alpha value is -1.22. The maximum absolute atomic E-state index is 11.2. The summed E-state index contributed by atoms with van der Waals surface area (Å²) in [4.78, 5) is 13.3. The number of benzene rings is 1. The van der Waals surface area contributed by atoms with Crippen molar-refractivity contribution in [1.29, 1.82) is 0 Å². The molecule has 17 heavy (non-hydrogen) atoms. The lowest BCUT2D eigenvalue weighted by atomic mass is 10.1. The lowest BCUT2D eigenvalue weighted by Crippen LogP contribution is -2.26. The van der Waals surface area contributed by atoms with Crippen LogP contribution in [0.2, 0.25) is 5.02 Å². The van der Waals surface area contributed by atoms with E-state index in [9.17, 15) is 9.90 Å². The number of rotatable bonds is 6. The third kappa shape index (κ3) is 3.63. The summed E-state index contributed by atoms with van der Waals surface area (Å²) in [6.45, 7) is 5.84. The molecule has 4 heteroatoms. The van der Waals surface area contributed by atoms with E-state index >= 15 is 0 Å². The Balaban J connectivity index is 3.14. The number of anilines is 1.